The van der Waals surface area contributed by atoms with Crippen molar-refractivity contribution in [1.29, 1.82) is 0 Å². The van der Waals surface area contributed by atoms with Crippen molar-refractivity contribution < 1.29 is 43.2 Å². The molecule has 0 aromatic rings. The first-order chi connectivity index (χ1) is 45.0. The van der Waals surface area contributed by atoms with E-state index in [9.17, 15) is 19.5 Å². The van der Waals surface area contributed by atoms with Crippen molar-refractivity contribution in [1.82, 2.24) is 14.7 Å². The molecule has 0 saturated heterocycles. The van der Waals surface area contributed by atoms with E-state index in [-0.39, 0.29) is 30.8 Å². The molecule has 1 N–H and O–H groups in total. The summed E-state index contributed by atoms with van der Waals surface area (Å²) in [6.45, 7) is 27.1. The average molecular weight is 1310 g/mol. The number of nitrogens with zero attached hydrogens (tertiary/aromatic N) is 3. The fourth-order valence-electron chi connectivity index (χ4n) is 13.2. The Balaban J connectivity index is 4.93. The van der Waals surface area contributed by atoms with Gasteiger partial charge in [0, 0.05) is 38.9 Å². The normalized spacial score (nSPS) is 12.3. The second kappa shape index (κ2) is 71.9. The van der Waals surface area contributed by atoms with Crippen LogP contribution in [0.1, 0.15) is 376 Å². The van der Waals surface area contributed by atoms with Crippen LogP contribution in [0.3, 0.4) is 0 Å². The standard InChI is InChI=1S/C80H159N3O9/c1-9-15-33-48-75(49-34-16-10-2)57-71-90-78(85)54-39-27-21-24-30-42-61-82(62-43-31-25-22-28-40-55-79(86)91-72-58-76(50-35-17-11-3)51-36-18-12-4)65-46-69-88-74(7)89-70-47-66-83(64-45-60-81(8)67-68-84)63-44-32-26-23-29-41-56-80(87)92-73-59-77(52-37-19-13-5)53-38-20-14-6/h74-77,84H,9-73H2,1-8H3. The molecule has 548 valence electrons. The van der Waals surface area contributed by atoms with Crippen LogP contribution in [0.4, 0.5) is 0 Å². The number of hydrogen-bond acceptors (Lipinski definition) is 12. The van der Waals surface area contributed by atoms with Gasteiger partial charge in [0.2, 0.25) is 0 Å². The fourth-order valence-corrected chi connectivity index (χ4v) is 13.2. The van der Waals surface area contributed by atoms with E-state index >= 15 is 0 Å². The Morgan fingerprint density at radius 2 is 0.554 bits per heavy atom. The number of carbonyl (C=O) groups is 3. The lowest BCUT2D eigenvalue weighted by Crippen LogP contribution is -2.31. The van der Waals surface area contributed by atoms with Gasteiger partial charge in [-0.25, -0.2) is 0 Å². The van der Waals surface area contributed by atoms with Crippen LogP contribution in [-0.2, 0) is 38.1 Å². The molecule has 12 nitrogen and oxygen atoms in total. The second-order valence-corrected chi connectivity index (χ2v) is 28.3. The van der Waals surface area contributed by atoms with Crippen LogP contribution in [0, 0.1) is 17.8 Å². The minimum absolute atomic E-state index is 0.00792. The van der Waals surface area contributed by atoms with Gasteiger partial charge in [-0.1, -0.05) is 273 Å². The highest BCUT2D eigenvalue weighted by atomic mass is 16.7. The van der Waals surface area contributed by atoms with E-state index in [1.807, 2.05) is 6.92 Å². The SMILES string of the molecule is CCCCCC(CCCCC)CCOC(=O)CCCCCCCCN(CCCCCCCCC(=O)OCCC(CCCCC)CCCCC)CCCOC(C)OCCCN(CCCCCCCCC(=O)OCCC(CCCCC)CCCCC)CCCN(C)CCO. The molecule has 0 spiro atoms. The predicted molar refractivity (Wildman–Crippen MR) is 392 cm³/mol. The summed E-state index contributed by atoms with van der Waals surface area (Å²) >= 11 is 0. The Hall–Kier alpha value is -1.83. The molecule has 0 aliphatic carbocycles. The van der Waals surface area contributed by atoms with Crippen LogP contribution in [0.5, 0.6) is 0 Å². The molecule has 1 atom stereocenters. The third kappa shape index (κ3) is 64.2. The minimum Gasteiger partial charge on any atom is -0.466 e. The summed E-state index contributed by atoms with van der Waals surface area (Å²) in [5, 5.41) is 9.43. The molecule has 0 heterocycles. The van der Waals surface area contributed by atoms with Crippen molar-refractivity contribution in [3.8, 4) is 0 Å². The van der Waals surface area contributed by atoms with Crippen molar-refractivity contribution in [3.05, 3.63) is 0 Å². The van der Waals surface area contributed by atoms with Gasteiger partial charge in [-0.2, -0.15) is 0 Å². The van der Waals surface area contributed by atoms with Gasteiger partial charge in [-0.05, 0) is 141 Å². The number of likely N-dealkylation sites (N-methyl/N-ethyl adjacent to an activating group) is 1. The summed E-state index contributed by atoms with van der Waals surface area (Å²) < 4.78 is 29.6. The lowest BCUT2D eigenvalue weighted by Gasteiger charge is -2.24. The maximum Gasteiger partial charge on any atom is 0.305 e. The number of unbranched alkanes of at least 4 members (excludes halogenated alkanes) is 27. The Kier molecular flexibility index (Phi) is 70.5. The molecule has 0 amide bonds. The summed E-state index contributed by atoms with van der Waals surface area (Å²) in [5.74, 6) is 2.06. The van der Waals surface area contributed by atoms with Crippen molar-refractivity contribution >= 4 is 17.9 Å². The van der Waals surface area contributed by atoms with E-state index in [0.29, 0.717) is 76.6 Å². The summed E-state index contributed by atoms with van der Waals surface area (Å²) in [4.78, 5) is 45.2. The molecule has 0 saturated carbocycles. The zero-order chi connectivity index (χ0) is 67.3. The highest BCUT2D eigenvalue weighted by molar-refractivity contribution is 5.69. The van der Waals surface area contributed by atoms with Gasteiger partial charge in [0.05, 0.1) is 39.6 Å². The van der Waals surface area contributed by atoms with Crippen LogP contribution in [0.15, 0.2) is 0 Å². The number of hydrogen-bond donors (Lipinski definition) is 1. The number of aliphatic hydroxyl groups excluding tert-OH is 1. The first-order valence-corrected chi connectivity index (χ1v) is 40.5. The molecule has 0 aromatic carbocycles. The van der Waals surface area contributed by atoms with Crippen molar-refractivity contribution in [3.63, 3.8) is 0 Å². The van der Waals surface area contributed by atoms with Gasteiger partial charge in [-0.15, -0.1) is 0 Å². The third-order valence-electron chi connectivity index (χ3n) is 19.4. The van der Waals surface area contributed by atoms with Gasteiger partial charge in [-0.3, -0.25) is 14.4 Å². The van der Waals surface area contributed by atoms with Crippen LogP contribution in [0.2, 0.25) is 0 Å². The predicted octanol–water partition coefficient (Wildman–Crippen LogP) is 21.4. The zero-order valence-corrected chi connectivity index (χ0v) is 62.8. The maximum absolute atomic E-state index is 12.6. The lowest BCUT2D eigenvalue weighted by atomic mass is 9.92. The number of aliphatic hydroxyl groups is 1. The Morgan fingerprint density at radius 3 is 0.837 bits per heavy atom. The molecule has 0 bridgehead atoms. The third-order valence-corrected chi connectivity index (χ3v) is 19.4. The van der Waals surface area contributed by atoms with Gasteiger partial charge in [0.15, 0.2) is 6.29 Å². The van der Waals surface area contributed by atoms with Crippen molar-refractivity contribution in [2.45, 2.75) is 382 Å². The van der Waals surface area contributed by atoms with Gasteiger partial charge < -0.3 is 43.5 Å². The van der Waals surface area contributed by atoms with E-state index in [2.05, 4.69) is 63.3 Å². The Morgan fingerprint density at radius 1 is 0.293 bits per heavy atom. The fraction of sp³-hybridized carbons (Fsp3) is 0.963. The first kappa shape index (κ1) is 90.2. The molecule has 0 aliphatic rings. The monoisotopic (exact) mass is 1310 g/mol. The maximum atomic E-state index is 12.6. The number of ether oxygens (including phenoxy) is 5. The van der Waals surface area contributed by atoms with Crippen LogP contribution >= 0.6 is 0 Å². The quantitative estimate of drug-likeness (QED) is 0.0270. The summed E-state index contributed by atoms with van der Waals surface area (Å²) in [5.41, 5.74) is 0. The summed E-state index contributed by atoms with van der Waals surface area (Å²) in [6, 6.07) is 0. The number of esters is 3. The summed E-state index contributed by atoms with van der Waals surface area (Å²) in [6.07, 6.45) is 58.8. The van der Waals surface area contributed by atoms with Crippen molar-refractivity contribution in [2.75, 3.05) is 99.0 Å². The average Bonchev–Trinajstić information content (AvgIpc) is 3.76. The largest absolute Gasteiger partial charge is 0.466 e. The first-order valence-electron chi connectivity index (χ1n) is 40.5. The van der Waals surface area contributed by atoms with E-state index in [1.54, 1.807) is 0 Å². The second-order valence-electron chi connectivity index (χ2n) is 28.3. The van der Waals surface area contributed by atoms with Crippen LogP contribution in [-0.4, -0.2) is 143 Å². The zero-order valence-electron chi connectivity index (χ0n) is 62.8. The molecule has 0 aliphatic heterocycles. The van der Waals surface area contributed by atoms with Crippen LogP contribution in [0.25, 0.3) is 0 Å². The molecule has 12 heteroatoms. The molecular formula is C80H159N3O9. The number of rotatable bonds is 76. The van der Waals surface area contributed by atoms with E-state index in [0.717, 1.165) is 123 Å². The Labute approximate surface area is 572 Å². The summed E-state index contributed by atoms with van der Waals surface area (Å²) in [7, 11) is 2.09. The molecule has 0 aromatic heterocycles. The van der Waals surface area contributed by atoms with Crippen LogP contribution < -0.4 is 0 Å². The molecule has 1 unspecified atom stereocenters. The molecule has 0 fully saturated rings. The topological polar surface area (TPSA) is 127 Å². The molecule has 0 rings (SSSR count). The van der Waals surface area contributed by atoms with Crippen molar-refractivity contribution in [2.24, 2.45) is 17.8 Å². The molecule has 92 heavy (non-hydrogen) atoms. The highest BCUT2D eigenvalue weighted by Gasteiger charge is 2.16. The molecular weight excluding hydrogens is 1150 g/mol. The van der Waals surface area contributed by atoms with E-state index in [1.165, 1.54) is 231 Å². The van der Waals surface area contributed by atoms with E-state index in [4.69, 9.17) is 23.7 Å². The smallest absolute Gasteiger partial charge is 0.305 e. The molecule has 0 radical (unpaired) electrons. The number of carbonyl (C=O) groups excluding carboxylic acids is 3. The highest BCUT2D eigenvalue weighted by Crippen LogP contribution is 2.25. The van der Waals surface area contributed by atoms with E-state index < -0.39 is 0 Å². The minimum atomic E-state index is -0.233. The lowest BCUT2D eigenvalue weighted by molar-refractivity contribution is -0.145. The van der Waals surface area contributed by atoms with Gasteiger partial charge in [0.1, 0.15) is 0 Å². The van der Waals surface area contributed by atoms with Gasteiger partial charge >= 0.3 is 17.9 Å². The van der Waals surface area contributed by atoms with Gasteiger partial charge in [0.25, 0.3) is 0 Å². The Bertz CT molecular complexity index is 1440.